The van der Waals surface area contributed by atoms with Crippen LogP contribution in [0.5, 0.6) is 0 Å². The summed E-state index contributed by atoms with van der Waals surface area (Å²) in [5.41, 5.74) is 3.36. The highest BCUT2D eigenvalue weighted by Crippen LogP contribution is 2.38. The lowest BCUT2D eigenvalue weighted by atomic mass is 9.95. The van der Waals surface area contributed by atoms with Gasteiger partial charge in [0.15, 0.2) is 0 Å². The molecular weight excluding hydrogens is 526 g/mol. The molecule has 0 aromatic heterocycles. The van der Waals surface area contributed by atoms with E-state index in [-0.39, 0.29) is 16.6 Å². The summed E-state index contributed by atoms with van der Waals surface area (Å²) in [7, 11) is -3.67. The maximum absolute atomic E-state index is 14.1. The van der Waals surface area contributed by atoms with Crippen LogP contribution in [0, 0.1) is 0 Å². The number of hydrogen-bond acceptors (Lipinski definition) is 6. The van der Waals surface area contributed by atoms with Crippen molar-refractivity contribution in [3.05, 3.63) is 82.5 Å². The van der Waals surface area contributed by atoms with Crippen molar-refractivity contribution in [3.63, 3.8) is 0 Å². The van der Waals surface area contributed by atoms with E-state index < -0.39 is 21.4 Å². The predicted molar refractivity (Wildman–Crippen MR) is 162 cm³/mol. The Morgan fingerprint density at radius 2 is 1.70 bits per heavy atom. The summed E-state index contributed by atoms with van der Waals surface area (Å²) in [5, 5.41) is 3.41. The second-order valence-electron chi connectivity index (χ2n) is 9.53. The van der Waals surface area contributed by atoms with Gasteiger partial charge >= 0.3 is 0 Å². The molecule has 0 unspecified atom stereocenters. The van der Waals surface area contributed by atoms with E-state index in [0.717, 1.165) is 30.5 Å². The van der Waals surface area contributed by atoms with Crippen molar-refractivity contribution in [2.45, 2.75) is 27.3 Å². The SMILES string of the molecule is CCN(CC)c1ccc2nc3c4c(NS(C)(=O)=O)cccc4c(=O)c(C(=O)Nc4ccccc4)c-3n(CC)c2c1. The van der Waals surface area contributed by atoms with Gasteiger partial charge in [-0.15, -0.1) is 0 Å². The Labute approximate surface area is 232 Å². The molecule has 0 radical (unpaired) electrons. The number of carbonyl (C=O) groups excluding carboxylic acids is 1. The summed E-state index contributed by atoms with van der Waals surface area (Å²) in [4.78, 5) is 35.0. The van der Waals surface area contributed by atoms with Crippen LogP contribution >= 0.6 is 0 Å². The number of benzene rings is 4. The Bertz CT molecular complexity index is 1880. The Kier molecular flexibility index (Phi) is 7.20. The molecule has 206 valence electrons. The normalized spacial score (nSPS) is 11.7. The highest BCUT2D eigenvalue weighted by Gasteiger charge is 2.29. The van der Waals surface area contributed by atoms with E-state index in [1.54, 1.807) is 42.5 Å². The van der Waals surface area contributed by atoms with Gasteiger partial charge in [-0.05, 0) is 57.2 Å². The fourth-order valence-corrected chi connectivity index (χ4v) is 5.80. The van der Waals surface area contributed by atoms with Crippen LogP contribution in [-0.2, 0) is 16.6 Å². The first-order chi connectivity index (χ1) is 19.2. The number of anilines is 3. The minimum absolute atomic E-state index is 0.0487. The molecule has 2 N–H and O–H groups in total. The molecule has 1 amide bonds. The summed E-state index contributed by atoms with van der Waals surface area (Å²) in [6, 6.07) is 19.6. The number of carbonyl (C=O) groups is 1. The number of para-hydroxylation sites is 1. The van der Waals surface area contributed by atoms with Gasteiger partial charge in [-0.25, -0.2) is 13.4 Å². The van der Waals surface area contributed by atoms with Crippen molar-refractivity contribution in [2.75, 3.05) is 34.3 Å². The first-order valence-electron chi connectivity index (χ1n) is 13.2. The molecular formula is C30H31N5O4S. The van der Waals surface area contributed by atoms with E-state index in [4.69, 9.17) is 4.98 Å². The van der Waals surface area contributed by atoms with E-state index in [0.29, 0.717) is 34.5 Å². The lowest BCUT2D eigenvalue weighted by Crippen LogP contribution is -2.27. The summed E-state index contributed by atoms with van der Waals surface area (Å²) in [5.74, 6) is -0.562. The van der Waals surface area contributed by atoms with E-state index in [1.165, 1.54) is 0 Å². The molecule has 0 atom stereocenters. The first kappa shape index (κ1) is 27.1. The van der Waals surface area contributed by atoms with Crippen molar-refractivity contribution in [2.24, 2.45) is 0 Å². The molecule has 9 nitrogen and oxygen atoms in total. The van der Waals surface area contributed by atoms with E-state index in [2.05, 4.69) is 28.8 Å². The van der Waals surface area contributed by atoms with Gasteiger partial charge in [0.1, 0.15) is 5.56 Å². The van der Waals surface area contributed by atoms with Crippen molar-refractivity contribution >= 4 is 54.8 Å². The molecule has 0 bridgehead atoms. The fourth-order valence-electron chi connectivity index (χ4n) is 5.24. The van der Waals surface area contributed by atoms with Gasteiger partial charge in [0.25, 0.3) is 5.91 Å². The molecule has 40 heavy (non-hydrogen) atoms. The third kappa shape index (κ3) is 4.86. The largest absolute Gasteiger partial charge is 0.372 e. The zero-order valence-electron chi connectivity index (χ0n) is 22.9. The summed E-state index contributed by atoms with van der Waals surface area (Å²) in [6.45, 7) is 8.18. The quantitative estimate of drug-likeness (QED) is 0.202. The van der Waals surface area contributed by atoms with E-state index in [1.807, 2.05) is 35.8 Å². The zero-order valence-corrected chi connectivity index (χ0v) is 23.7. The number of nitrogens with one attached hydrogen (secondary N) is 2. The summed E-state index contributed by atoms with van der Waals surface area (Å²) < 4.78 is 29.0. The summed E-state index contributed by atoms with van der Waals surface area (Å²) in [6.07, 6.45) is 1.05. The van der Waals surface area contributed by atoms with Crippen LogP contribution in [0.4, 0.5) is 17.1 Å². The summed E-state index contributed by atoms with van der Waals surface area (Å²) >= 11 is 0. The monoisotopic (exact) mass is 557 g/mol. The van der Waals surface area contributed by atoms with E-state index in [9.17, 15) is 18.0 Å². The van der Waals surface area contributed by atoms with Crippen LogP contribution < -0.4 is 20.4 Å². The van der Waals surface area contributed by atoms with E-state index >= 15 is 0 Å². The zero-order chi connectivity index (χ0) is 28.6. The smallest absolute Gasteiger partial charge is 0.261 e. The van der Waals surface area contributed by atoms with Gasteiger partial charge in [0.05, 0.1) is 34.4 Å². The van der Waals surface area contributed by atoms with Crippen molar-refractivity contribution in [1.29, 1.82) is 0 Å². The molecule has 0 spiro atoms. The number of nitrogens with zero attached hydrogens (tertiary/aromatic N) is 3. The predicted octanol–water partition coefficient (Wildman–Crippen LogP) is 5.14. The van der Waals surface area contributed by atoms with Crippen molar-refractivity contribution in [1.82, 2.24) is 9.55 Å². The molecule has 0 saturated heterocycles. The second kappa shape index (κ2) is 10.6. The highest BCUT2D eigenvalue weighted by molar-refractivity contribution is 7.92. The lowest BCUT2D eigenvalue weighted by Gasteiger charge is -2.25. The minimum Gasteiger partial charge on any atom is -0.372 e. The van der Waals surface area contributed by atoms with Crippen LogP contribution in [0.25, 0.3) is 33.2 Å². The Morgan fingerprint density at radius 3 is 2.35 bits per heavy atom. The van der Waals surface area contributed by atoms with Crippen LogP contribution in [0.3, 0.4) is 0 Å². The van der Waals surface area contributed by atoms with Crippen molar-refractivity contribution < 1.29 is 13.2 Å². The van der Waals surface area contributed by atoms with Crippen molar-refractivity contribution in [3.8, 4) is 11.4 Å². The average molecular weight is 558 g/mol. The number of aromatic nitrogens is 2. The Balaban J connectivity index is 1.93. The average Bonchev–Trinajstić information content (AvgIpc) is 2.92. The van der Waals surface area contributed by atoms with Crippen LogP contribution in [0.1, 0.15) is 31.1 Å². The molecule has 5 rings (SSSR count). The molecule has 1 aliphatic heterocycles. The van der Waals surface area contributed by atoms with Gasteiger partial charge in [-0.1, -0.05) is 30.3 Å². The molecule has 3 aromatic rings. The second-order valence-corrected chi connectivity index (χ2v) is 11.3. The number of rotatable bonds is 8. The molecule has 10 heteroatoms. The molecule has 2 aliphatic rings. The standard InChI is InChI=1S/C30H31N5O4S/c1-5-34(6-2)20-16-17-22-24(18-20)35(7-3)28-26(30(37)31-19-12-9-8-10-13-19)29(36)21-14-11-15-23(33-40(4,38)39)25(21)27(28)32-22/h8-18,33H,5-7H2,1-4H3,(H,31,37). The number of hydrogen-bond donors (Lipinski definition) is 2. The number of aryl methyl sites for hydroxylation is 1. The van der Waals surface area contributed by atoms with Gasteiger partial charge in [0.2, 0.25) is 15.5 Å². The third-order valence-electron chi connectivity index (χ3n) is 6.98. The maximum atomic E-state index is 14.1. The maximum Gasteiger partial charge on any atom is 0.261 e. The Morgan fingerprint density at radius 1 is 0.975 bits per heavy atom. The molecule has 1 heterocycles. The van der Waals surface area contributed by atoms with Crippen LogP contribution in [-0.4, -0.2) is 43.2 Å². The molecule has 1 aliphatic carbocycles. The number of sulfonamides is 1. The molecule has 0 fully saturated rings. The van der Waals surface area contributed by atoms with Crippen LogP contribution in [0.15, 0.2) is 71.5 Å². The van der Waals surface area contributed by atoms with Gasteiger partial charge in [-0.2, -0.15) is 0 Å². The third-order valence-corrected chi connectivity index (χ3v) is 7.58. The molecule has 0 saturated carbocycles. The highest BCUT2D eigenvalue weighted by atomic mass is 32.2. The first-order valence-corrected chi connectivity index (χ1v) is 15.1. The number of amides is 1. The topological polar surface area (TPSA) is 113 Å². The number of fused-ring (bicyclic) bond motifs is 4. The van der Waals surface area contributed by atoms with Gasteiger partial charge in [-0.3, -0.25) is 14.3 Å². The fraction of sp³-hybridized carbons (Fsp3) is 0.233. The minimum atomic E-state index is -3.67. The lowest BCUT2D eigenvalue weighted by molar-refractivity contribution is 0.102. The van der Waals surface area contributed by atoms with Gasteiger partial charge < -0.3 is 14.8 Å². The van der Waals surface area contributed by atoms with Gasteiger partial charge in [0, 0.05) is 41.8 Å². The molecule has 3 aromatic carbocycles. The van der Waals surface area contributed by atoms with Crippen LogP contribution in [0.2, 0.25) is 0 Å². The Hall–Kier alpha value is -4.44.